The zero-order chi connectivity index (χ0) is 18.2. The Morgan fingerprint density at radius 1 is 0.885 bits per heavy atom. The van der Waals surface area contributed by atoms with Crippen molar-refractivity contribution in [2.75, 3.05) is 0 Å². The highest BCUT2D eigenvalue weighted by atomic mass is 14.3. The summed E-state index contributed by atoms with van der Waals surface area (Å²) in [4.78, 5) is 0. The minimum absolute atomic E-state index is 0.754. The summed E-state index contributed by atoms with van der Waals surface area (Å²) in [6.45, 7) is 4.35. The van der Waals surface area contributed by atoms with Crippen molar-refractivity contribution in [1.82, 2.24) is 0 Å². The number of fused-ring (bicyclic) bond motifs is 1. The van der Waals surface area contributed by atoms with Gasteiger partial charge in [-0.1, -0.05) is 74.0 Å². The Morgan fingerprint density at radius 3 is 2.42 bits per heavy atom. The largest absolute Gasteiger partial charge is 0.0917 e. The first-order valence-electron chi connectivity index (χ1n) is 10.6. The second kappa shape index (κ2) is 9.76. The van der Waals surface area contributed by atoms with E-state index in [4.69, 9.17) is 0 Å². The number of hydrogen-bond acceptors (Lipinski definition) is 0. The molecule has 0 amide bonds. The zero-order valence-electron chi connectivity index (χ0n) is 16.6. The molecular formula is C26H34. The van der Waals surface area contributed by atoms with Gasteiger partial charge in [-0.2, -0.15) is 0 Å². The molecule has 0 spiro atoms. The molecule has 0 nitrogen and oxygen atoms in total. The molecule has 0 heterocycles. The molecule has 0 N–H and O–H groups in total. The van der Waals surface area contributed by atoms with Crippen molar-refractivity contribution < 1.29 is 0 Å². The van der Waals surface area contributed by atoms with Crippen molar-refractivity contribution in [2.45, 2.75) is 71.1 Å². The van der Waals surface area contributed by atoms with Gasteiger partial charge in [0.2, 0.25) is 0 Å². The fourth-order valence-electron chi connectivity index (χ4n) is 4.24. The maximum atomic E-state index is 2.48. The maximum Gasteiger partial charge on any atom is -0.0161 e. The summed E-state index contributed by atoms with van der Waals surface area (Å²) >= 11 is 0. The Hall–Kier alpha value is -1.82. The minimum Gasteiger partial charge on any atom is -0.0917 e. The minimum atomic E-state index is 0.754. The number of allylic oxidation sites excluding steroid dienone is 4. The van der Waals surface area contributed by atoms with Gasteiger partial charge < -0.3 is 0 Å². The average Bonchev–Trinajstić information content (AvgIpc) is 2.68. The van der Waals surface area contributed by atoms with Crippen molar-refractivity contribution in [3.05, 3.63) is 71.8 Å². The van der Waals surface area contributed by atoms with E-state index in [1.54, 1.807) is 5.56 Å². The quantitative estimate of drug-likeness (QED) is 0.446. The molecule has 3 rings (SSSR count). The third kappa shape index (κ3) is 5.10. The predicted molar refractivity (Wildman–Crippen MR) is 116 cm³/mol. The smallest absolute Gasteiger partial charge is 0.0161 e. The van der Waals surface area contributed by atoms with Crippen LogP contribution in [0.1, 0.15) is 75.8 Å². The SMILES string of the molecule is C/C=C/CCc1ccc2cc(C3CCC(/C=C/CCC)CC3)ccc2c1. The van der Waals surface area contributed by atoms with E-state index in [1.807, 2.05) is 0 Å². The first kappa shape index (κ1) is 19.0. The number of unbranched alkanes of at least 4 members (excludes halogenated alkanes) is 1. The lowest BCUT2D eigenvalue weighted by Crippen LogP contribution is -2.11. The molecule has 2 aromatic rings. The Balaban J connectivity index is 1.63. The molecule has 0 heteroatoms. The van der Waals surface area contributed by atoms with Gasteiger partial charge in [-0.3, -0.25) is 0 Å². The summed E-state index contributed by atoms with van der Waals surface area (Å²) in [6, 6.07) is 14.2. The van der Waals surface area contributed by atoms with Crippen molar-refractivity contribution in [3.63, 3.8) is 0 Å². The molecule has 2 aromatic carbocycles. The van der Waals surface area contributed by atoms with Crippen LogP contribution in [0.25, 0.3) is 10.8 Å². The van der Waals surface area contributed by atoms with Gasteiger partial charge in [0.15, 0.2) is 0 Å². The molecular weight excluding hydrogens is 312 g/mol. The number of benzene rings is 2. The van der Waals surface area contributed by atoms with Crippen LogP contribution in [0.15, 0.2) is 60.7 Å². The summed E-state index contributed by atoms with van der Waals surface area (Å²) in [5, 5.41) is 2.80. The van der Waals surface area contributed by atoms with Crippen molar-refractivity contribution >= 4 is 10.8 Å². The third-order valence-corrected chi connectivity index (χ3v) is 5.87. The lowest BCUT2D eigenvalue weighted by Gasteiger charge is -2.27. The van der Waals surface area contributed by atoms with Crippen LogP contribution in [0.2, 0.25) is 0 Å². The second-order valence-corrected chi connectivity index (χ2v) is 7.88. The standard InChI is InChI=1S/C26H34/c1-3-5-7-9-21-11-14-23(15-12-21)25-18-17-24-19-22(10-8-6-4-2)13-16-26(24)20-25/h4,6-7,9,13,16-21,23H,3,5,8,10-12,14-15H2,1-2H3/b6-4+,9-7+. The lowest BCUT2D eigenvalue weighted by atomic mass is 9.78. The molecule has 0 radical (unpaired) electrons. The molecule has 1 aliphatic rings. The lowest BCUT2D eigenvalue weighted by molar-refractivity contribution is 0.375. The van der Waals surface area contributed by atoms with Gasteiger partial charge in [0.1, 0.15) is 0 Å². The average molecular weight is 347 g/mol. The molecule has 0 atom stereocenters. The van der Waals surface area contributed by atoms with E-state index in [9.17, 15) is 0 Å². The predicted octanol–water partition coefficient (Wildman–Crippen LogP) is 7.98. The summed E-state index contributed by atoms with van der Waals surface area (Å²) in [6.07, 6.45) is 19.4. The fraction of sp³-hybridized carbons (Fsp3) is 0.462. The summed E-state index contributed by atoms with van der Waals surface area (Å²) in [5.41, 5.74) is 3.00. The Labute approximate surface area is 160 Å². The van der Waals surface area contributed by atoms with Crippen molar-refractivity contribution in [2.24, 2.45) is 5.92 Å². The van der Waals surface area contributed by atoms with E-state index >= 15 is 0 Å². The van der Waals surface area contributed by atoms with E-state index in [-0.39, 0.29) is 0 Å². The van der Waals surface area contributed by atoms with E-state index < -0.39 is 0 Å². The Morgan fingerprint density at radius 2 is 1.65 bits per heavy atom. The van der Waals surface area contributed by atoms with Crippen LogP contribution in [-0.4, -0.2) is 0 Å². The van der Waals surface area contributed by atoms with Crippen LogP contribution in [0.4, 0.5) is 0 Å². The van der Waals surface area contributed by atoms with Gasteiger partial charge in [-0.25, -0.2) is 0 Å². The van der Waals surface area contributed by atoms with E-state index in [0.29, 0.717) is 0 Å². The Kier molecular flexibility index (Phi) is 7.12. The number of rotatable bonds is 7. The molecule has 0 saturated heterocycles. The number of aryl methyl sites for hydroxylation is 1. The normalized spacial score (nSPS) is 21.2. The van der Waals surface area contributed by atoms with Crippen molar-refractivity contribution in [3.8, 4) is 0 Å². The van der Waals surface area contributed by atoms with Gasteiger partial charge in [0, 0.05) is 0 Å². The highest BCUT2D eigenvalue weighted by Gasteiger charge is 2.20. The van der Waals surface area contributed by atoms with Crippen LogP contribution in [0, 0.1) is 5.92 Å². The highest BCUT2D eigenvalue weighted by molar-refractivity contribution is 5.84. The molecule has 0 bridgehead atoms. The van der Waals surface area contributed by atoms with Gasteiger partial charge >= 0.3 is 0 Å². The monoisotopic (exact) mass is 346 g/mol. The third-order valence-electron chi connectivity index (χ3n) is 5.87. The van der Waals surface area contributed by atoms with Crippen LogP contribution < -0.4 is 0 Å². The molecule has 138 valence electrons. The summed E-state index contributed by atoms with van der Waals surface area (Å²) < 4.78 is 0. The first-order valence-corrected chi connectivity index (χ1v) is 10.6. The molecule has 0 aliphatic heterocycles. The van der Waals surface area contributed by atoms with E-state index in [1.165, 1.54) is 54.9 Å². The van der Waals surface area contributed by atoms with E-state index in [0.717, 1.165) is 24.7 Å². The van der Waals surface area contributed by atoms with Crippen LogP contribution in [0.5, 0.6) is 0 Å². The van der Waals surface area contributed by atoms with Gasteiger partial charge in [0.05, 0.1) is 0 Å². The fourth-order valence-corrected chi connectivity index (χ4v) is 4.24. The molecule has 1 fully saturated rings. The molecule has 1 aliphatic carbocycles. The topological polar surface area (TPSA) is 0 Å². The first-order chi connectivity index (χ1) is 12.8. The second-order valence-electron chi connectivity index (χ2n) is 7.88. The molecule has 0 aromatic heterocycles. The van der Waals surface area contributed by atoms with Gasteiger partial charge in [0.25, 0.3) is 0 Å². The molecule has 26 heavy (non-hydrogen) atoms. The maximum absolute atomic E-state index is 2.48. The highest BCUT2D eigenvalue weighted by Crippen LogP contribution is 2.37. The van der Waals surface area contributed by atoms with Crippen LogP contribution in [-0.2, 0) is 6.42 Å². The Bertz CT molecular complexity index is 742. The summed E-state index contributed by atoms with van der Waals surface area (Å²) in [5.74, 6) is 1.57. The molecule has 0 unspecified atom stereocenters. The summed E-state index contributed by atoms with van der Waals surface area (Å²) in [7, 11) is 0. The van der Waals surface area contributed by atoms with E-state index in [2.05, 4.69) is 74.5 Å². The van der Waals surface area contributed by atoms with Gasteiger partial charge in [-0.05, 0) is 85.6 Å². The molecule has 1 saturated carbocycles. The van der Waals surface area contributed by atoms with Gasteiger partial charge in [-0.15, -0.1) is 0 Å². The van der Waals surface area contributed by atoms with Crippen LogP contribution in [0.3, 0.4) is 0 Å². The van der Waals surface area contributed by atoms with Crippen molar-refractivity contribution in [1.29, 1.82) is 0 Å². The van der Waals surface area contributed by atoms with Crippen LogP contribution >= 0.6 is 0 Å². The zero-order valence-corrected chi connectivity index (χ0v) is 16.6. The number of hydrogen-bond donors (Lipinski definition) is 0.